The number of amides is 1. The van der Waals surface area contributed by atoms with Crippen molar-refractivity contribution in [3.8, 4) is 5.75 Å². The first kappa shape index (κ1) is 21.4. The summed E-state index contributed by atoms with van der Waals surface area (Å²) in [5.74, 6) is 1.50. The molecule has 1 aliphatic heterocycles. The lowest BCUT2D eigenvalue weighted by Crippen LogP contribution is -2.45. The lowest BCUT2D eigenvalue weighted by molar-refractivity contribution is -0.114. The average Bonchev–Trinajstić information content (AvgIpc) is 3.37. The quantitative estimate of drug-likeness (QED) is 0.355. The van der Waals surface area contributed by atoms with E-state index in [4.69, 9.17) is 4.74 Å². The number of nitrogens with one attached hydrogen (secondary N) is 3. The fourth-order valence-corrected chi connectivity index (χ4v) is 4.21. The zero-order chi connectivity index (χ0) is 20.5. The molecule has 1 heterocycles. The molecule has 3 N–H and O–H groups in total. The number of hydrogen-bond acceptors (Lipinski definition) is 4. The van der Waals surface area contributed by atoms with Crippen LogP contribution in [0.1, 0.15) is 46.0 Å². The Kier molecular flexibility index (Phi) is 8.16. The molecule has 1 aromatic carbocycles. The topological polar surface area (TPSA) is 78.0 Å². The van der Waals surface area contributed by atoms with Gasteiger partial charge < -0.3 is 20.7 Å². The van der Waals surface area contributed by atoms with E-state index in [0.717, 1.165) is 36.5 Å². The Balaban J connectivity index is 1.44. The zero-order valence-corrected chi connectivity index (χ0v) is 17.7. The van der Waals surface area contributed by atoms with Gasteiger partial charge in [0, 0.05) is 50.4 Å². The van der Waals surface area contributed by atoms with Gasteiger partial charge in [0.1, 0.15) is 12.4 Å². The second-order valence-corrected chi connectivity index (χ2v) is 7.88. The van der Waals surface area contributed by atoms with Crippen molar-refractivity contribution in [2.45, 2.75) is 58.0 Å². The van der Waals surface area contributed by atoms with Crippen LogP contribution in [0.15, 0.2) is 29.3 Å². The first-order valence-corrected chi connectivity index (χ1v) is 10.9. The molecule has 0 radical (unpaired) electrons. The third-order valence-electron chi connectivity index (χ3n) is 5.53. The van der Waals surface area contributed by atoms with E-state index in [0.29, 0.717) is 19.2 Å². The first-order valence-electron chi connectivity index (χ1n) is 10.9. The van der Waals surface area contributed by atoms with E-state index in [1.807, 2.05) is 24.3 Å². The fraction of sp³-hybridized carbons (Fsp3) is 0.636. The number of ether oxygens (including phenoxy) is 1. The Morgan fingerprint density at radius 3 is 2.86 bits per heavy atom. The van der Waals surface area contributed by atoms with E-state index in [-0.39, 0.29) is 5.91 Å². The summed E-state index contributed by atoms with van der Waals surface area (Å²) in [6.07, 6.45) is 6.67. The van der Waals surface area contributed by atoms with Crippen molar-refractivity contribution in [3.63, 3.8) is 0 Å². The van der Waals surface area contributed by atoms with Crippen molar-refractivity contribution in [1.29, 1.82) is 0 Å². The summed E-state index contributed by atoms with van der Waals surface area (Å²) in [4.78, 5) is 18.5. The highest BCUT2D eigenvalue weighted by Gasteiger charge is 2.30. The van der Waals surface area contributed by atoms with E-state index >= 15 is 0 Å². The largest absolute Gasteiger partial charge is 0.492 e. The van der Waals surface area contributed by atoms with Crippen LogP contribution >= 0.6 is 0 Å². The molecule has 0 bridgehead atoms. The van der Waals surface area contributed by atoms with Crippen LogP contribution in [0.4, 0.5) is 5.69 Å². The maximum absolute atomic E-state index is 11.2. The smallest absolute Gasteiger partial charge is 0.221 e. The van der Waals surface area contributed by atoms with Crippen molar-refractivity contribution in [2.75, 3.05) is 38.1 Å². The maximum atomic E-state index is 11.2. The molecule has 1 saturated heterocycles. The Morgan fingerprint density at radius 2 is 2.10 bits per heavy atom. The molecule has 160 valence electrons. The number of carbonyl (C=O) groups is 1. The zero-order valence-electron chi connectivity index (χ0n) is 17.7. The predicted octanol–water partition coefficient (Wildman–Crippen LogP) is 2.60. The fourth-order valence-electron chi connectivity index (χ4n) is 4.21. The molecule has 29 heavy (non-hydrogen) atoms. The van der Waals surface area contributed by atoms with Crippen LogP contribution in [0.3, 0.4) is 0 Å². The van der Waals surface area contributed by atoms with Crippen molar-refractivity contribution >= 4 is 17.6 Å². The van der Waals surface area contributed by atoms with Crippen molar-refractivity contribution in [3.05, 3.63) is 24.3 Å². The van der Waals surface area contributed by atoms with Crippen LogP contribution in [0, 0.1) is 0 Å². The van der Waals surface area contributed by atoms with Gasteiger partial charge in [0.2, 0.25) is 5.91 Å². The summed E-state index contributed by atoms with van der Waals surface area (Å²) in [6, 6.07) is 8.67. The van der Waals surface area contributed by atoms with Crippen LogP contribution in [-0.4, -0.2) is 61.6 Å². The highest BCUT2D eigenvalue weighted by atomic mass is 16.5. The molecule has 1 atom stereocenters. The number of benzene rings is 1. The third-order valence-corrected chi connectivity index (χ3v) is 5.53. The molecular formula is C22H35N5O2. The van der Waals surface area contributed by atoms with Gasteiger partial charge in [-0.1, -0.05) is 18.9 Å². The predicted molar refractivity (Wildman–Crippen MR) is 118 cm³/mol. The summed E-state index contributed by atoms with van der Waals surface area (Å²) in [5.41, 5.74) is 0.738. The summed E-state index contributed by atoms with van der Waals surface area (Å²) in [5, 5.41) is 9.70. The van der Waals surface area contributed by atoms with Crippen molar-refractivity contribution < 1.29 is 9.53 Å². The molecule has 2 aliphatic rings. The van der Waals surface area contributed by atoms with E-state index in [9.17, 15) is 4.79 Å². The van der Waals surface area contributed by atoms with Gasteiger partial charge >= 0.3 is 0 Å². The summed E-state index contributed by atoms with van der Waals surface area (Å²) < 4.78 is 5.79. The second-order valence-electron chi connectivity index (χ2n) is 7.88. The van der Waals surface area contributed by atoms with Gasteiger partial charge in [-0.05, 0) is 38.3 Å². The van der Waals surface area contributed by atoms with E-state index < -0.39 is 0 Å². The van der Waals surface area contributed by atoms with E-state index in [1.54, 1.807) is 0 Å². The van der Waals surface area contributed by atoms with Gasteiger partial charge in [-0.15, -0.1) is 0 Å². The van der Waals surface area contributed by atoms with Gasteiger partial charge in [-0.3, -0.25) is 9.69 Å². The number of guanidine groups is 1. The Morgan fingerprint density at radius 1 is 1.28 bits per heavy atom. The molecule has 1 aromatic rings. The Labute approximate surface area is 174 Å². The highest BCUT2D eigenvalue weighted by Crippen LogP contribution is 2.26. The normalized spacial score (nSPS) is 20.6. The highest BCUT2D eigenvalue weighted by molar-refractivity contribution is 5.88. The van der Waals surface area contributed by atoms with Gasteiger partial charge in [0.15, 0.2) is 5.96 Å². The molecule has 0 aromatic heterocycles. The third kappa shape index (κ3) is 6.92. The van der Waals surface area contributed by atoms with Gasteiger partial charge in [0.05, 0.1) is 6.54 Å². The molecule has 1 aliphatic carbocycles. The Bertz CT molecular complexity index is 688. The summed E-state index contributed by atoms with van der Waals surface area (Å²) in [6.45, 7) is 7.77. The molecule has 7 nitrogen and oxygen atoms in total. The van der Waals surface area contributed by atoms with Crippen LogP contribution in [0.5, 0.6) is 5.75 Å². The van der Waals surface area contributed by atoms with E-state index in [2.05, 4.69) is 32.8 Å². The minimum atomic E-state index is -0.0912. The minimum absolute atomic E-state index is 0.0912. The lowest BCUT2D eigenvalue weighted by Gasteiger charge is -2.24. The molecule has 7 heteroatoms. The number of likely N-dealkylation sites (tertiary alicyclic amines) is 1. The number of anilines is 1. The van der Waals surface area contributed by atoms with Gasteiger partial charge in [0.25, 0.3) is 0 Å². The average molecular weight is 402 g/mol. The first-order chi connectivity index (χ1) is 14.1. The van der Waals surface area contributed by atoms with Crippen LogP contribution in [0.2, 0.25) is 0 Å². The van der Waals surface area contributed by atoms with Crippen molar-refractivity contribution in [2.24, 2.45) is 4.99 Å². The summed E-state index contributed by atoms with van der Waals surface area (Å²) >= 11 is 0. The molecule has 3 rings (SSSR count). The molecule has 1 amide bonds. The minimum Gasteiger partial charge on any atom is -0.492 e. The van der Waals surface area contributed by atoms with Crippen LogP contribution in [-0.2, 0) is 4.79 Å². The summed E-state index contributed by atoms with van der Waals surface area (Å²) in [7, 11) is 0. The van der Waals surface area contributed by atoms with Crippen LogP contribution < -0.4 is 20.7 Å². The SMILES string of the molecule is CCNC(=NCCOc1cccc(NC(C)=O)c1)NC1CCN(C2CCCC2)C1. The maximum Gasteiger partial charge on any atom is 0.221 e. The monoisotopic (exact) mass is 401 g/mol. The molecule has 1 unspecified atom stereocenters. The lowest BCUT2D eigenvalue weighted by atomic mass is 10.2. The molecule has 2 fully saturated rings. The number of nitrogens with zero attached hydrogens (tertiary/aromatic N) is 2. The number of carbonyl (C=O) groups excluding carboxylic acids is 1. The second kappa shape index (κ2) is 11.0. The standard InChI is InChI=1S/C22H35N5O2/c1-3-23-22(26-19-11-13-27(16-19)20-8-4-5-9-20)24-12-14-29-21-10-6-7-18(15-21)25-17(2)28/h6-7,10,15,19-20H,3-5,8-9,11-14,16H2,1-2H3,(H,25,28)(H2,23,24,26). The number of aliphatic imine (C=N–C) groups is 1. The van der Waals surface area contributed by atoms with Crippen LogP contribution in [0.25, 0.3) is 0 Å². The Hall–Kier alpha value is -2.28. The van der Waals surface area contributed by atoms with Crippen molar-refractivity contribution in [1.82, 2.24) is 15.5 Å². The molecule has 1 saturated carbocycles. The van der Waals surface area contributed by atoms with E-state index in [1.165, 1.54) is 45.6 Å². The number of hydrogen-bond donors (Lipinski definition) is 3. The number of rotatable bonds is 8. The molecule has 0 spiro atoms. The van der Waals surface area contributed by atoms with Gasteiger partial charge in [-0.2, -0.15) is 0 Å². The van der Waals surface area contributed by atoms with Gasteiger partial charge in [-0.25, -0.2) is 4.99 Å². The molecular weight excluding hydrogens is 366 g/mol.